The predicted molar refractivity (Wildman–Crippen MR) is 72.4 cm³/mol. The molecule has 0 aliphatic heterocycles. The van der Waals surface area contributed by atoms with E-state index in [1.165, 1.54) is 0 Å². The van der Waals surface area contributed by atoms with E-state index in [0.29, 0.717) is 10.0 Å². The summed E-state index contributed by atoms with van der Waals surface area (Å²) in [6.07, 6.45) is 0. The maximum Gasteiger partial charge on any atom is 0.0493 e. The molecule has 0 amide bonds. The third-order valence-electron chi connectivity index (χ3n) is 2.27. The molecule has 2 N–H and O–H groups in total. The molecule has 1 nitrogen and oxygen atoms in total. The highest BCUT2D eigenvalue weighted by atomic mass is 35.5. The number of nitrogens with two attached hydrogens (primary N) is 1. The van der Waals surface area contributed by atoms with Crippen LogP contribution in [-0.4, -0.2) is 0 Å². The maximum atomic E-state index is 6.14. The van der Waals surface area contributed by atoms with Crippen molar-refractivity contribution in [1.82, 2.24) is 0 Å². The maximum absolute atomic E-state index is 6.14. The highest BCUT2D eigenvalue weighted by Crippen LogP contribution is 2.36. The van der Waals surface area contributed by atoms with Crippen molar-refractivity contribution in [2.24, 2.45) is 5.73 Å². The van der Waals surface area contributed by atoms with E-state index in [2.05, 4.69) is 0 Å². The molecule has 0 radical (unpaired) electrons. The molecular formula is C12H11Cl2NS. The molecule has 1 heterocycles. The molecule has 16 heavy (non-hydrogen) atoms. The lowest BCUT2D eigenvalue weighted by molar-refractivity contribution is 0.838. The molecule has 0 aliphatic carbocycles. The Labute approximate surface area is 109 Å². The van der Waals surface area contributed by atoms with Crippen molar-refractivity contribution in [2.45, 2.75) is 13.0 Å². The normalized spacial score (nSPS) is 12.8. The first-order chi connectivity index (χ1) is 7.58. The number of hydrogen-bond donors (Lipinski definition) is 1. The van der Waals surface area contributed by atoms with Crippen molar-refractivity contribution in [2.75, 3.05) is 0 Å². The van der Waals surface area contributed by atoms with Crippen LogP contribution < -0.4 is 5.73 Å². The van der Waals surface area contributed by atoms with Gasteiger partial charge in [-0.2, -0.15) is 0 Å². The lowest BCUT2D eigenvalue weighted by Gasteiger charge is -2.02. The first kappa shape index (κ1) is 11.9. The smallest absolute Gasteiger partial charge is 0.0493 e. The van der Waals surface area contributed by atoms with E-state index in [4.69, 9.17) is 28.9 Å². The van der Waals surface area contributed by atoms with Gasteiger partial charge in [0.1, 0.15) is 0 Å². The van der Waals surface area contributed by atoms with Gasteiger partial charge in [-0.25, -0.2) is 0 Å². The van der Waals surface area contributed by atoms with E-state index >= 15 is 0 Å². The van der Waals surface area contributed by atoms with Gasteiger partial charge in [-0.3, -0.25) is 0 Å². The van der Waals surface area contributed by atoms with E-state index in [0.717, 1.165) is 15.3 Å². The molecule has 1 aromatic carbocycles. The summed E-state index contributed by atoms with van der Waals surface area (Å²) in [5.41, 5.74) is 6.79. The van der Waals surface area contributed by atoms with Gasteiger partial charge in [-0.1, -0.05) is 23.2 Å². The molecular weight excluding hydrogens is 261 g/mol. The zero-order chi connectivity index (χ0) is 11.7. The summed E-state index contributed by atoms with van der Waals surface area (Å²) in [6, 6.07) is 9.58. The Bertz CT molecular complexity index is 505. The van der Waals surface area contributed by atoms with Gasteiger partial charge >= 0.3 is 0 Å². The zero-order valence-electron chi connectivity index (χ0n) is 8.71. The second kappa shape index (κ2) is 4.76. The Morgan fingerprint density at radius 1 is 1.19 bits per heavy atom. The minimum absolute atomic E-state index is 0.0525. The summed E-state index contributed by atoms with van der Waals surface area (Å²) in [5.74, 6) is 0. The molecule has 0 saturated heterocycles. The van der Waals surface area contributed by atoms with Crippen LogP contribution in [0.4, 0.5) is 0 Å². The summed E-state index contributed by atoms with van der Waals surface area (Å²) in [6.45, 7) is 1.97. The van der Waals surface area contributed by atoms with E-state index in [9.17, 15) is 0 Å². The van der Waals surface area contributed by atoms with Gasteiger partial charge in [0, 0.05) is 31.4 Å². The lowest BCUT2D eigenvalue weighted by Crippen LogP contribution is -2.01. The average molecular weight is 272 g/mol. The first-order valence-corrected chi connectivity index (χ1v) is 6.46. The molecule has 0 fully saturated rings. The third kappa shape index (κ3) is 2.41. The summed E-state index contributed by atoms with van der Waals surface area (Å²) < 4.78 is 0. The van der Waals surface area contributed by atoms with Gasteiger partial charge in [-0.15, -0.1) is 11.3 Å². The number of hydrogen-bond acceptors (Lipinski definition) is 2. The highest BCUT2D eigenvalue weighted by molar-refractivity contribution is 7.15. The fourth-order valence-corrected chi connectivity index (χ4v) is 2.87. The first-order valence-electron chi connectivity index (χ1n) is 4.88. The van der Waals surface area contributed by atoms with Crippen molar-refractivity contribution in [3.63, 3.8) is 0 Å². The van der Waals surface area contributed by atoms with Gasteiger partial charge in [0.2, 0.25) is 0 Å². The highest BCUT2D eigenvalue weighted by Gasteiger charge is 2.09. The molecule has 0 aliphatic rings. The molecule has 0 saturated carbocycles. The summed E-state index contributed by atoms with van der Waals surface area (Å²) in [7, 11) is 0. The van der Waals surface area contributed by atoms with Crippen molar-refractivity contribution in [3.05, 3.63) is 45.3 Å². The average Bonchev–Trinajstić information content (AvgIpc) is 2.70. The molecule has 84 valence electrons. The third-order valence-corrected chi connectivity index (χ3v) is 4.15. The van der Waals surface area contributed by atoms with E-state index in [1.54, 1.807) is 17.4 Å². The Morgan fingerprint density at radius 3 is 2.56 bits per heavy atom. The fourth-order valence-electron chi connectivity index (χ4n) is 1.43. The molecule has 1 unspecified atom stereocenters. The monoisotopic (exact) mass is 271 g/mol. The standard InChI is InChI=1S/C12H11Cl2NS/c1-7(15)11-4-5-12(16-11)9-6-8(13)2-3-10(9)14/h2-7H,15H2,1H3. The van der Waals surface area contributed by atoms with Gasteiger partial charge in [0.15, 0.2) is 0 Å². The Hall–Kier alpha value is -0.540. The second-order valence-electron chi connectivity index (χ2n) is 3.61. The minimum atomic E-state index is 0.0525. The van der Waals surface area contributed by atoms with Gasteiger partial charge in [0.25, 0.3) is 0 Å². The molecule has 2 aromatic rings. The van der Waals surface area contributed by atoms with E-state index < -0.39 is 0 Å². The SMILES string of the molecule is CC(N)c1ccc(-c2cc(Cl)ccc2Cl)s1. The van der Waals surface area contributed by atoms with Crippen LogP contribution in [0.2, 0.25) is 10.0 Å². The van der Waals surface area contributed by atoms with Crippen LogP contribution in [-0.2, 0) is 0 Å². The van der Waals surface area contributed by atoms with Gasteiger partial charge in [-0.05, 0) is 37.3 Å². The van der Waals surface area contributed by atoms with E-state index in [-0.39, 0.29) is 6.04 Å². The van der Waals surface area contributed by atoms with Crippen LogP contribution in [0.3, 0.4) is 0 Å². The molecule has 4 heteroatoms. The number of thiophene rings is 1. The van der Waals surface area contributed by atoms with Gasteiger partial charge in [0.05, 0.1) is 0 Å². The number of rotatable bonds is 2. The van der Waals surface area contributed by atoms with Crippen molar-refractivity contribution < 1.29 is 0 Å². The van der Waals surface area contributed by atoms with Crippen molar-refractivity contribution >= 4 is 34.5 Å². The fraction of sp³-hybridized carbons (Fsp3) is 0.167. The summed E-state index contributed by atoms with van der Waals surface area (Å²) in [5, 5.41) is 1.40. The molecule has 0 spiro atoms. The Morgan fingerprint density at radius 2 is 1.94 bits per heavy atom. The van der Waals surface area contributed by atoms with E-state index in [1.807, 2.05) is 31.2 Å². The van der Waals surface area contributed by atoms with Gasteiger partial charge < -0.3 is 5.73 Å². The zero-order valence-corrected chi connectivity index (χ0v) is 11.0. The van der Waals surface area contributed by atoms with Crippen molar-refractivity contribution in [3.8, 4) is 10.4 Å². The quantitative estimate of drug-likeness (QED) is 0.839. The molecule has 1 aromatic heterocycles. The second-order valence-corrected chi connectivity index (χ2v) is 5.57. The summed E-state index contributed by atoms with van der Waals surface area (Å²) >= 11 is 13.7. The van der Waals surface area contributed by atoms with Crippen LogP contribution in [0.5, 0.6) is 0 Å². The minimum Gasteiger partial charge on any atom is -0.324 e. The summed E-state index contributed by atoms with van der Waals surface area (Å²) in [4.78, 5) is 2.24. The molecule has 1 atom stereocenters. The van der Waals surface area contributed by atoms with Crippen LogP contribution in [0.15, 0.2) is 30.3 Å². The van der Waals surface area contributed by atoms with Crippen LogP contribution in [0, 0.1) is 0 Å². The molecule has 2 rings (SSSR count). The predicted octanol–water partition coefficient (Wildman–Crippen LogP) is 4.74. The number of benzene rings is 1. The topological polar surface area (TPSA) is 26.0 Å². The molecule has 0 bridgehead atoms. The number of halogens is 2. The van der Waals surface area contributed by atoms with Crippen LogP contribution >= 0.6 is 34.5 Å². The largest absolute Gasteiger partial charge is 0.324 e. The Kier molecular flexibility index (Phi) is 3.55. The van der Waals surface area contributed by atoms with Crippen LogP contribution in [0.25, 0.3) is 10.4 Å². The van der Waals surface area contributed by atoms with Crippen LogP contribution in [0.1, 0.15) is 17.8 Å². The van der Waals surface area contributed by atoms with Crippen molar-refractivity contribution in [1.29, 1.82) is 0 Å². The lowest BCUT2D eigenvalue weighted by atomic mass is 10.2. The Balaban J connectivity index is 2.46.